The molecular weight excluding hydrogens is 558 g/mol. The Kier molecular flexibility index (Phi) is 9.66. The summed E-state index contributed by atoms with van der Waals surface area (Å²) in [5.74, 6) is -1.78. The minimum atomic E-state index is -0.864. The van der Waals surface area contributed by atoms with Crippen molar-refractivity contribution in [2.24, 2.45) is 23.7 Å². The number of anilines is 1. The SMILES string of the molecule is C=CCN(CCC)C(=O)[C@@H]1[C@H]2C(=O)N([C@@H](CO)C(C)C)C(C(=O)N(CC=C)c3c(C)cccc3Cl)C23S[C@@H]1CC3C. The van der Waals surface area contributed by atoms with Crippen molar-refractivity contribution in [2.45, 2.75) is 69.5 Å². The predicted molar refractivity (Wildman–Crippen MR) is 167 cm³/mol. The summed E-state index contributed by atoms with van der Waals surface area (Å²) in [6.45, 7) is 18.6. The number of nitrogens with zero attached hydrogens (tertiary/aromatic N) is 3. The summed E-state index contributed by atoms with van der Waals surface area (Å²) >= 11 is 8.33. The van der Waals surface area contributed by atoms with Gasteiger partial charge >= 0.3 is 0 Å². The number of hydrogen-bond acceptors (Lipinski definition) is 5. The first kappa shape index (κ1) is 31.6. The molecule has 7 nitrogen and oxygen atoms in total. The molecule has 3 saturated heterocycles. The van der Waals surface area contributed by atoms with Gasteiger partial charge in [-0.2, -0.15) is 0 Å². The molecule has 0 aromatic heterocycles. The number of hydrogen-bond donors (Lipinski definition) is 1. The number of aliphatic hydroxyl groups excluding tert-OH is 1. The number of thioether (sulfide) groups is 1. The third kappa shape index (κ3) is 5.04. The highest BCUT2D eigenvalue weighted by Gasteiger charge is 2.77. The predicted octanol–water partition coefficient (Wildman–Crippen LogP) is 4.95. The van der Waals surface area contributed by atoms with Crippen molar-refractivity contribution in [1.29, 1.82) is 0 Å². The topological polar surface area (TPSA) is 81.2 Å². The Hall–Kier alpha value is -2.29. The monoisotopic (exact) mass is 601 g/mol. The summed E-state index contributed by atoms with van der Waals surface area (Å²) in [5, 5.41) is 11.0. The van der Waals surface area contributed by atoms with E-state index in [2.05, 4.69) is 20.1 Å². The number of halogens is 1. The quantitative estimate of drug-likeness (QED) is 0.343. The van der Waals surface area contributed by atoms with Gasteiger partial charge in [0.1, 0.15) is 6.04 Å². The van der Waals surface area contributed by atoms with Crippen LogP contribution in [0.2, 0.25) is 5.02 Å². The molecule has 2 bridgehead atoms. The Morgan fingerprint density at radius 2 is 1.93 bits per heavy atom. The second kappa shape index (κ2) is 12.5. The number of fused-ring (bicyclic) bond motifs is 1. The second-order valence-electron chi connectivity index (χ2n) is 12.0. The van der Waals surface area contributed by atoms with Crippen LogP contribution in [0.1, 0.15) is 46.1 Å². The van der Waals surface area contributed by atoms with Crippen molar-refractivity contribution in [3.8, 4) is 0 Å². The Balaban J connectivity index is 1.89. The third-order valence-electron chi connectivity index (χ3n) is 9.21. The zero-order chi connectivity index (χ0) is 30.2. The summed E-state index contributed by atoms with van der Waals surface area (Å²) in [4.78, 5) is 48.8. The van der Waals surface area contributed by atoms with Gasteiger partial charge in [-0.1, -0.05) is 63.6 Å². The van der Waals surface area contributed by atoms with Crippen LogP contribution in [-0.4, -0.2) is 80.9 Å². The third-order valence-corrected chi connectivity index (χ3v) is 11.6. The molecule has 3 aliphatic rings. The van der Waals surface area contributed by atoms with Gasteiger partial charge in [0.05, 0.1) is 39.9 Å². The minimum Gasteiger partial charge on any atom is -0.394 e. The van der Waals surface area contributed by atoms with E-state index in [9.17, 15) is 19.5 Å². The number of likely N-dealkylation sites (tertiary alicyclic amines) is 1. The van der Waals surface area contributed by atoms with Gasteiger partial charge in [0.15, 0.2) is 0 Å². The number of amides is 3. The lowest BCUT2D eigenvalue weighted by Crippen LogP contribution is -2.60. The molecule has 0 radical (unpaired) electrons. The maximum absolute atomic E-state index is 14.9. The largest absolute Gasteiger partial charge is 0.394 e. The van der Waals surface area contributed by atoms with Crippen molar-refractivity contribution in [3.63, 3.8) is 0 Å². The highest BCUT2D eigenvalue weighted by Crippen LogP contribution is 2.69. The van der Waals surface area contributed by atoms with Gasteiger partial charge in [-0.15, -0.1) is 24.9 Å². The first-order valence-corrected chi connectivity index (χ1v) is 15.9. The molecule has 3 aliphatic heterocycles. The van der Waals surface area contributed by atoms with Crippen LogP contribution in [0.25, 0.3) is 0 Å². The highest BCUT2D eigenvalue weighted by molar-refractivity contribution is 8.02. The molecule has 9 heteroatoms. The van der Waals surface area contributed by atoms with Crippen molar-refractivity contribution in [2.75, 3.05) is 31.1 Å². The van der Waals surface area contributed by atoms with Crippen molar-refractivity contribution >= 4 is 46.8 Å². The first-order chi connectivity index (χ1) is 19.5. The lowest BCUT2D eigenvalue weighted by molar-refractivity contribution is -0.146. The Labute approximate surface area is 254 Å². The molecule has 4 rings (SSSR count). The number of benzene rings is 1. The van der Waals surface area contributed by atoms with Gasteiger partial charge in [-0.3, -0.25) is 14.4 Å². The summed E-state index contributed by atoms with van der Waals surface area (Å²) in [5.41, 5.74) is 1.43. The van der Waals surface area contributed by atoms with E-state index >= 15 is 0 Å². The van der Waals surface area contributed by atoms with Crippen LogP contribution in [0.15, 0.2) is 43.5 Å². The number of rotatable bonds is 12. The van der Waals surface area contributed by atoms with Crippen molar-refractivity contribution < 1.29 is 19.5 Å². The maximum atomic E-state index is 14.9. The molecule has 3 fully saturated rings. The van der Waals surface area contributed by atoms with E-state index in [1.165, 1.54) is 0 Å². The average molecular weight is 602 g/mol. The fraction of sp³-hybridized carbons (Fsp3) is 0.594. The molecule has 224 valence electrons. The Morgan fingerprint density at radius 3 is 2.49 bits per heavy atom. The fourth-order valence-corrected chi connectivity index (χ4v) is 10.2. The molecular formula is C32H44ClN3O4S. The van der Waals surface area contributed by atoms with E-state index in [0.29, 0.717) is 23.8 Å². The fourth-order valence-electron chi connectivity index (χ4n) is 7.46. The van der Waals surface area contributed by atoms with E-state index in [1.54, 1.807) is 44.7 Å². The van der Waals surface area contributed by atoms with E-state index in [4.69, 9.17) is 11.6 Å². The summed E-state index contributed by atoms with van der Waals surface area (Å²) < 4.78 is -0.803. The standard InChI is InChI=1S/C32H44ClN3O4S/c1-8-14-34(15-9-2)29(38)25-24-17-21(7)32(41-24)26(25)30(39)36(23(18-37)19(4)5)28(32)31(40)35(16-10-3)27-20(6)12-11-13-22(27)33/h8,10-13,19,21,23-26,28,37H,1,3,9,14-18H2,2,4-7H3/t21?,23-,24+,25-,26-,28?,32?/m0/s1. The number of aliphatic hydroxyl groups is 1. The zero-order valence-corrected chi connectivity index (χ0v) is 26.5. The lowest BCUT2D eigenvalue weighted by Gasteiger charge is -2.43. The van der Waals surface area contributed by atoms with Crippen LogP contribution in [0, 0.1) is 30.6 Å². The molecule has 41 heavy (non-hydrogen) atoms. The van der Waals surface area contributed by atoms with Crippen molar-refractivity contribution in [3.05, 3.63) is 54.1 Å². The smallest absolute Gasteiger partial charge is 0.251 e. The molecule has 0 saturated carbocycles. The van der Waals surface area contributed by atoms with E-state index < -0.39 is 28.7 Å². The number of carbonyl (C=O) groups excluding carboxylic acids is 3. The van der Waals surface area contributed by atoms with E-state index in [1.807, 2.05) is 39.8 Å². The van der Waals surface area contributed by atoms with Gasteiger partial charge in [0, 0.05) is 24.9 Å². The van der Waals surface area contributed by atoms with Gasteiger partial charge in [-0.05, 0) is 43.2 Å². The molecule has 7 atom stereocenters. The number of carbonyl (C=O) groups is 3. The van der Waals surface area contributed by atoms with Crippen LogP contribution in [0.5, 0.6) is 0 Å². The van der Waals surface area contributed by atoms with Crippen LogP contribution in [0.4, 0.5) is 5.69 Å². The maximum Gasteiger partial charge on any atom is 0.251 e. The van der Waals surface area contributed by atoms with Crippen LogP contribution in [0.3, 0.4) is 0 Å². The normalized spacial score (nSPS) is 29.0. The summed E-state index contributed by atoms with van der Waals surface area (Å²) in [6, 6.07) is 4.07. The molecule has 3 unspecified atom stereocenters. The Morgan fingerprint density at radius 1 is 1.24 bits per heavy atom. The minimum absolute atomic E-state index is 0.0120. The molecule has 3 heterocycles. The zero-order valence-electron chi connectivity index (χ0n) is 24.9. The molecule has 0 aliphatic carbocycles. The average Bonchev–Trinajstić information content (AvgIpc) is 3.51. The van der Waals surface area contributed by atoms with Gasteiger partial charge in [0.25, 0.3) is 5.91 Å². The van der Waals surface area contributed by atoms with Crippen LogP contribution >= 0.6 is 23.4 Å². The van der Waals surface area contributed by atoms with Crippen molar-refractivity contribution in [1.82, 2.24) is 9.80 Å². The lowest BCUT2D eigenvalue weighted by atomic mass is 9.65. The van der Waals surface area contributed by atoms with E-state index in [0.717, 1.165) is 18.4 Å². The summed E-state index contributed by atoms with van der Waals surface area (Å²) in [7, 11) is 0. The summed E-state index contributed by atoms with van der Waals surface area (Å²) in [6.07, 6.45) is 4.93. The van der Waals surface area contributed by atoms with Gasteiger partial charge in [-0.25, -0.2) is 0 Å². The molecule has 1 aromatic rings. The Bertz CT molecular complexity index is 1190. The molecule has 3 amide bonds. The molecule has 1 aromatic carbocycles. The van der Waals surface area contributed by atoms with Crippen LogP contribution in [-0.2, 0) is 14.4 Å². The molecule has 1 N–H and O–H groups in total. The highest BCUT2D eigenvalue weighted by atomic mass is 35.5. The first-order valence-electron chi connectivity index (χ1n) is 14.7. The van der Waals surface area contributed by atoms with E-state index in [-0.39, 0.29) is 48.0 Å². The van der Waals surface area contributed by atoms with Crippen LogP contribution < -0.4 is 4.90 Å². The molecule has 1 spiro atoms. The van der Waals surface area contributed by atoms with Gasteiger partial charge in [0.2, 0.25) is 11.8 Å². The second-order valence-corrected chi connectivity index (χ2v) is 14.0. The number of para-hydroxylation sites is 1. The number of aryl methyl sites for hydroxylation is 1. The van der Waals surface area contributed by atoms with Gasteiger partial charge < -0.3 is 19.8 Å².